The summed E-state index contributed by atoms with van der Waals surface area (Å²) in [6.45, 7) is 5.63. The van der Waals surface area contributed by atoms with Gasteiger partial charge < -0.3 is 19.5 Å². The van der Waals surface area contributed by atoms with Crippen molar-refractivity contribution < 1.29 is 9.21 Å². The predicted octanol–water partition coefficient (Wildman–Crippen LogP) is 2.24. The van der Waals surface area contributed by atoms with Gasteiger partial charge in [-0.2, -0.15) is 0 Å². The van der Waals surface area contributed by atoms with Crippen LogP contribution in [-0.2, 0) is 6.42 Å². The Labute approximate surface area is 174 Å². The Bertz CT molecular complexity index is 723. The van der Waals surface area contributed by atoms with Crippen molar-refractivity contribution in [2.75, 3.05) is 39.8 Å². The van der Waals surface area contributed by atoms with Crippen LogP contribution in [0.2, 0.25) is 0 Å². The van der Waals surface area contributed by atoms with Crippen molar-refractivity contribution in [3.63, 3.8) is 0 Å². The zero-order chi connectivity index (χ0) is 17.6. The van der Waals surface area contributed by atoms with Gasteiger partial charge >= 0.3 is 0 Å². The molecular weight excluding hydrogens is 465 g/mol. The van der Waals surface area contributed by atoms with Gasteiger partial charge in [0.05, 0.1) is 17.0 Å². The van der Waals surface area contributed by atoms with Crippen LogP contribution in [-0.4, -0.2) is 66.4 Å². The molecule has 2 aromatic rings. The van der Waals surface area contributed by atoms with Crippen LogP contribution >= 0.6 is 35.3 Å². The van der Waals surface area contributed by atoms with Crippen LogP contribution in [0.15, 0.2) is 33.2 Å². The summed E-state index contributed by atoms with van der Waals surface area (Å²) >= 11 is 1.67. The minimum Gasteiger partial charge on any atom is -0.459 e. The Hall–Kier alpha value is -1.62. The first kappa shape index (κ1) is 20.7. The molecule has 1 saturated heterocycles. The molecule has 142 valence electrons. The molecule has 1 amide bonds. The smallest absolute Gasteiger partial charge is 0.289 e. The number of aromatic nitrogens is 1. The Kier molecular flexibility index (Phi) is 7.88. The van der Waals surface area contributed by atoms with Crippen molar-refractivity contribution in [2.45, 2.75) is 13.3 Å². The summed E-state index contributed by atoms with van der Waals surface area (Å²) in [5.74, 6) is 1.22. The van der Waals surface area contributed by atoms with Crippen molar-refractivity contribution >= 4 is 47.2 Å². The van der Waals surface area contributed by atoms with Gasteiger partial charge in [-0.1, -0.05) is 0 Å². The highest BCUT2D eigenvalue weighted by Gasteiger charge is 2.25. The van der Waals surface area contributed by atoms with Gasteiger partial charge in [0.25, 0.3) is 5.91 Å². The minimum atomic E-state index is -0.0495. The van der Waals surface area contributed by atoms with E-state index in [9.17, 15) is 4.79 Å². The van der Waals surface area contributed by atoms with Gasteiger partial charge in [-0.3, -0.25) is 9.79 Å². The summed E-state index contributed by atoms with van der Waals surface area (Å²) in [5.41, 5.74) is 1.11. The maximum atomic E-state index is 12.3. The fourth-order valence-corrected chi connectivity index (χ4v) is 3.48. The molecule has 0 radical (unpaired) electrons. The lowest BCUT2D eigenvalue weighted by molar-refractivity contribution is 0.0658. The lowest BCUT2D eigenvalue weighted by Crippen LogP contribution is -2.54. The summed E-state index contributed by atoms with van der Waals surface area (Å²) in [6.07, 6.45) is 2.40. The number of rotatable bonds is 4. The number of amides is 1. The summed E-state index contributed by atoms with van der Waals surface area (Å²) in [6, 6.07) is 3.44. The van der Waals surface area contributed by atoms with Crippen LogP contribution in [0, 0.1) is 6.92 Å². The molecule has 0 atom stereocenters. The molecule has 1 fully saturated rings. The van der Waals surface area contributed by atoms with Crippen LogP contribution in [0.5, 0.6) is 0 Å². The summed E-state index contributed by atoms with van der Waals surface area (Å²) in [4.78, 5) is 25.1. The molecule has 0 spiro atoms. The zero-order valence-electron chi connectivity index (χ0n) is 15.0. The Balaban J connectivity index is 0.00000243. The molecule has 2 aromatic heterocycles. The number of piperazine rings is 1. The lowest BCUT2D eigenvalue weighted by atomic mass is 10.3. The van der Waals surface area contributed by atoms with Gasteiger partial charge in [-0.05, 0) is 19.1 Å². The molecule has 1 aliphatic heterocycles. The quantitative estimate of drug-likeness (QED) is 0.405. The minimum absolute atomic E-state index is 0. The van der Waals surface area contributed by atoms with E-state index in [1.807, 2.05) is 11.8 Å². The molecule has 26 heavy (non-hydrogen) atoms. The molecule has 0 unspecified atom stereocenters. The highest BCUT2D eigenvalue weighted by atomic mass is 127. The number of nitrogens with one attached hydrogen (secondary N) is 1. The summed E-state index contributed by atoms with van der Waals surface area (Å²) < 4.78 is 5.19. The first-order chi connectivity index (χ1) is 12.2. The fourth-order valence-electron chi connectivity index (χ4n) is 2.84. The monoisotopic (exact) mass is 489 g/mol. The van der Waals surface area contributed by atoms with Crippen molar-refractivity contribution in [1.29, 1.82) is 0 Å². The third-order valence-electron chi connectivity index (χ3n) is 4.14. The van der Waals surface area contributed by atoms with Gasteiger partial charge in [-0.25, -0.2) is 4.98 Å². The number of halogens is 1. The van der Waals surface area contributed by atoms with Gasteiger partial charge in [0.15, 0.2) is 11.7 Å². The third-order valence-corrected chi connectivity index (χ3v) is 4.96. The van der Waals surface area contributed by atoms with E-state index in [4.69, 9.17) is 4.42 Å². The Morgan fingerprint density at radius 3 is 2.65 bits per heavy atom. The Morgan fingerprint density at radius 2 is 2.08 bits per heavy atom. The average molecular weight is 489 g/mol. The van der Waals surface area contributed by atoms with E-state index in [0.717, 1.165) is 42.7 Å². The number of hydrogen-bond acceptors (Lipinski definition) is 5. The van der Waals surface area contributed by atoms with Crippen LogP contribution in [0.3, 0.4) is 0 Å². The van der Waals surface area contributed by atoms with E-state index < -0.39 is 0 Å². The molecule has 1 aliphatic rings. The number of hydrogen-bond donors (Lipinski definition) is 1. The number of aryl methyl sites for hydroxylation is 1. The first-order valence-corrected chi connectivity index (χ1v) is 9.24. The highest BCUT2D eigenvalue weighted by Crippen LogP contribution is 2.10. The molecule has 0 bridgehead atoms. The molecule has 0 aromatic carbocycles. The molecule has 3 rings (SSSR count). The zero-order valence-corrected chi connectivity index (χ0v) is 18.1. The molecular formula is C17H24IN5O2S. The normalized spacial score (nSPS) is 14.9. The number of thiazole rings is 1. The number of carbonyl (C=O) groups is 1. The second-order valence-corrected chi connectivity index (χ2v) is 6.90. The van der Waals surface area contributed by atoms with Crippen LogP contribution in [0.4, 0.5) is 0 Å². The number of aliphatic imine (C=N–C) groups is 1. The topological polar surface area (TPSA) is 74.0 Å². The van der Waals surface area contributed by atoms with E-state index in [0.29, 0.717) is 18.8 Å². The molecule has 9 heteroatoms. The number of carbonyl (C=O) groups excluding carboxylic acids is 1. The Morgan fingerprint density at radius 1 is 1.35 bits per heavy atom. The highest BCUT2D eigenvalue weighted by molar-refractivity contribution is 14.0. The molecule has 1 N–H and O–H groups in total. The largest absolute Gasteiger partial charge is 0.459 e. The van der Waals surface area contributed by atoms with Crippen molar-refractivity contribution in [3.8, 4) is 0 Å². The van der Waals surface area contributed by atoms with E-state index in [1.54, 1.807) is 30.5 Å². The lowest BCUT2D eigenvalue weighted by Gasteiger charge is -2.36. The van der Waals surface area contributed by atoms with Crippen LogP contribution in [0.25, 0.3) is 0 Å². The fraction of sp³-hybridized carbons (Fsp3) is 0.471. The first-order valence-electron chi connectivity index (χ1n) is 8.37. The second-order valence-electron chi connectivity index (χ2n) is 5.84. The van der Waals surface area contributed by atoms with Crippen LogP contribution < -0.4 is 5.32 Å². The summed E-state index contributed by atoms with van der Waals surface area (Å²) in [7, 11) is 1.79. The molecule has 7 nitrogen and oxygen atoms in total. The van der Waals surface area contributed by atoms with Gasteiger partial charge in [0.1, 0.15) is 0 Å². The maximum absolute atomic E-state index is 12.3. The van der Waals surface area contributed by atoms with E-state index in [-0.39, 0.29) is 29.9 Å². The number of nitrogens with zero attached hydrogens (tertiary/aromatic N) is 4. The molecule has 0 saturated carbocycles. The molecule has 0 aliphatic carbocycles. The van der Waals surface area contributed by atoms with Gasteiger partial charge in [-0.15, -0.1) is 35.3 Å². The standard InChI is InChI=1S/C17H23N5O2S.HI/c1-13-20-14(12-25-13)5-6-19-17(18-2)22-9-7-21(8-10-22)16(23)15-4-3-11-24-15;/h3-4,11-12H,5-10H2,1-2H3,(H,18,19);1H. The van der Waals surface area contributed by atoms with E-state index >= 15 is 0 Å². The average Bonchev–Trinajstić information content (AvgIpc) is 3.30. The maximum Gasteiger partial charge on any atom is 0.289 e. The predicted molar refractivity (Wildman–Crippen MR) is 114 cm³/mol. The van der Waals surface area contributed by atoms with Crippen molar-refractivity contribution in [2.24, 2.45) is 4.99 Å². The van der Waals surface area contributed by atoms with Gasteiger partial charge in [0, 0.05) is 51.6 Å². The van der Waals surface area contributed by atoms with Crippen LogP contribution in [0.1, 0.15) is 21.3 Å². The third kappa shape index (κ3) is 5.19. The SMILES string of the molecule is CN=C(NCCc1csc(C)n1)N1CCN(C(=O)c2ccco2)CC1.I. The van der Waals surface area contributed by atoms with Gasteiger partial charge in [0.2, 0.25) is 0 Å². The number of guanidine groups is 1. The van der Waals surface area contributed by atoms with Crippen molar-refractivity contribution in [1.82, 2.24) is 20.1 Å². The molecule has 3 heterocycles. The van der Waals surface area contributed by atoms with E-state index in [1.165, 1.54) is 6.26 Å². The second kappa shape index (κ2) is 9.91. The number of furan rings is 1. The van der Waals surface area contributed by atoms with E-state index in [2.05, 4.69) is 25.6 Å². The summed E-state index contributed by atoms with van der Waals surface area (Å²) in [5, 5.41) is 6.58. The van der Waals surface area contributed by atoms with Crippen molar-refractivity contribution in [3.05, 3.63) is 40.2 Å².